The van der Waals surface area contributed by atoms with Crippen LogP contribution in [0.2, 0.25) is 0 Å². The number of hydrogen-bond acceptors (Lipinski definition) is 4. The number of benzene rings is 3. The molecule has 0 radical (unpaired) electrons. The van der Waals surface area contributed by atoms with Crippen LogP contribution in [0, 0.1) is 0 Å². The van der Waals surface area contributed by atoms with Crippen LogP contribution < -0.4 is 0 Å². The number of rotatable bonds is 4. The zero-order valence-corrected chi connectivity index (χ0v) is 18.3. The number of imide groups is 2. The van der Waals surface area contributed by atoms with Crippen LogP contribution in [-0.4, -0.2) is 33.7 Å². The molecule has 4 aromatic rings. The van der Waals surface area contributed by atoms with E-state index in [0.717, 1.165) is 36.9 Å². The molecule has 0 spiro atoms. The topological polar surface area (TPSA) is 70.8 Å². The van der Waals surface area contributed by atoms with Crippen molar-refractivity contribution in [2.75, 3.05) is 0 Å². The van der Waals surface area contributed by atoms with E-state index in [-0.39, 0.29) is 12.1 Å². The lowest BCUT2D eigenvalue weighted by Gasteiger charge is -2.35. The molecule has 33 heavy (non-hydrogen) atoms. The van der Waals surface area contributed by atoms with Gasteiger partial charge in [-0.3, -0.25) is 19.4 Å². The van der Waals surface area contributed by atoms with Gasteiger partial charge in [0.05, 0.1) is 12.8 Å². The van der Waals surface area contributed by atoms with Gasteiger partial charge >= 0.3 is 6.03 Å². The van der Waals surface area contributed by atoms with Gasteiger partial charge in [0, 0.05) is 6.04 Å². The first-order valence-electron chi connectivity index (χ1n) is 10.8. The van der Waals surface area contributed by atoms with Crippen molar-refractivity contribution in [1.29, 1.82) is 0 Å². The summed E-state index contributed by atoms with van der Waals surface area (Å²) in [6, 6.07) is 20.1. The molecule has 5 rings (SSSR count). The van der Waals surface area contributed by atoms with Crippen LogP contribution >= 0.6 is 0 Å². The standard InChI is InChI=1S/C27H22N2O4/c1-17(2)29-26(31)24(25(30)28(27(29)32)16-20-10-7-13-33-20)15-23-21-11-5-3-8-18(21)14-19-9-4-6-12-22(19)23/h3-15,17H,16H2,1-2H3/b24-15-. The van der Waals surface area contributed by atoms with Crippen molar-refractivity contribution >= 4 is 45.5 Å². The van der Waals surface area contributed by atoms with Crippen molar-refractivity contribution in [3.63, 3.8) is 0 Å². The van der Waals surface area contributed by atoms with Crippen LogP contribution in [0.15, 0.2) is 83.0 Å². The minimum Gasteiger partial charge on any atom is -0.467 e. The van der Waals surface area contributed by atoms with Crippen LogP contribution in [0.3, 0.4) is 0 Å². The molecule has 1 aliphatic rings. The van der Waals surface area contributed by atoms with Gasteiger partial charge in [-0.1, -0.05) is 48.5 Å². The van der Waals surface area contributed by atoms with Crippen LogP contribution in [0.1, 0.15) is 25.2 Å². The lowest BCUT2D eigenvalue weighted by atomic mass is 9.94. The largest absolute Gasteiger partial charge is 0.467 e. The molecule has 0 unspecified atom stereocenters. The van der Waals surface area contributed by atoms with Gasteiger partial charge in [-0.05, 0) is 65.2 Å². The maximum absolute atomic E-state index is 13.5. The van der Waals surface area contributed by atoms with E-state index in [1.165, 1.54) is 6.26 Å². The second-order valence-corrected chi connectivity index (χ2v) is 8.31. The molecule has 6 nitrogen and oxygen atoms in total. The smallest absolute Gasteiger partial charge is 0.334 e. The summed E-state index contributed by atoms with van der Waals surface area (Å²) in [6.07, 6.45) is 3.12. The van der Waals surface area contributed by atoms with Gasteiger partial charge in [-0.15, -0.1) is 0 Å². The fraction of sp³-hybridized carbons (Fsp3) is 0.148. The van der Waals surface area contributed by atoms with Crippen molar-refractivity contribution < 1.29 is 18.8 Å². The van der Waals surface area contributed by atoms with Crippen molar-refractivity contribution in [1.82, 2.24) is 9.80 Å². The Bertz CT molecular complexity index is 1380. The molecular weight excluding hydrogens is 416 g/mol. The number of carbonyl (C=O) groups excluding carboxylic acids is 3. The lowest BCUT2D eigenvalue weighted by Crippen LogP contribution is -2.58. The summed E-state index contributed by atoms with van der Waals surface area (Å²) >= 11 is 0. The highest BCUT2D eigenvalue weighted by atomic mass is 16.3. The maximum atomic E-state index is 13.5. The Kier molecular flexibility index (Phi) is 5.05. The molecule has 164 valence electrons. The van der Waals surface area contributed by atoms with Gasteiger partial charge in [0.2, 0.25) is 0 Å². The maximum Gasteiger partial charge on any atom is 0.334 e. The predicted octanol–water partition coefficient (Wildman–Crippen LogP) is 5.37. The minimum atomic E-state index is -0.642. The summed E-state index contributed by atoms with van der Waals surface area (Å²) < 4.78 is 5.36. The summed E-state index contributed by atoms with van der Waals surface area (Å²) in [6.45, 7) is 3.46. The molecule has 0 N–H and O–H groups in total. The highest BCUT2D eigenvalue weighted by Crippen LogP contribution is 2.32. The average molecular weight is 438 g/mol. The second-order valence-electron chi connectivity index (χ2n) is 8.31. The fourth-order valence-corrected chi connectivity index (χ4v) is 4.30. The molecule has 4 amide bonds. The van der Waals surface area contributed by atoms with Crippen molar-refractivity contribution in [3.8, 4) is 0 Å². The van der Waals surface area contributed by atoms with Gasteiger partial charge in [0.15, 0.2) is 0 Å². The molecule has 1 aliphatic heterocycles. The fourth-order valence-electron chi connectivity index (χ4n) is 4.30. The van der Waals surface area contributed by atoms with Crippen LogP contribution in [0.4, 0.5) is 4.79 Å². The van der Waals surface area contributed by atoms with Gasteiger partial charge < -0.3 is 4.42 Å². The Morgan fingerprint density at radius 1 is 0.848 bits per heavy atom. The average Bonchev–Trinajstić information content (AvgIpc) is 3.32. The summed E-state index contributed by atoms with van der Waals surface area (Å²) in [5.41, 5.74) is 0.729. The number of amides is 4. The monoisotopic (exact) mass is 438 g/mol. The Hall–Kier alpha value is -4.19. The second kappa shape index (κ2) is 8.06. The number of carbonyl (C=O) groups is 3. The van der Waals surface area contributed by atoms with E-state index < -0.39 is 23.9 Å². The highest BCUT2D eigenvalue weighted by molar-refractivity contribution is 6.31. The molecule has 0 atom stereocenters. The number of urea groups is 1. The molecule has 2 heterocycles. The number of barbiturate groups is 1. The molecule has 6 heteroatoms. The van der Waals surface area contributed by atoms with Gasteiger partial charge in [-0.25, -0.2) is 4.79 Å². The zero-order chi connectivity index (χ0) is 23.1. The molecule has 0 saturated carbocycles. The molecule has 1 saturated heterocycles. The number of nitrogens with zero attached hydrogens (tertiary/aromatic N) is 2. The van der Waals surface area contributed by atoms with E-state index in [4.69, 9.17) is 4.42 Å². The third kappa shape index (κ3) is 3.49. The van der Waals surface area contributed by atoms with E-state index >= 15 is 0 Å². The van der Waals surface area contributed by atoms with Gasteiger partial charge in [-0.2, -0.15) is 0 Å². The summed E-state index contributed by atoms with van der Waals surface area (Å²) in [7, 11) is 0. The Balaban J connectivity index is 1.72. The lowest BCUT2D eigenvalue weighted by molar-refractivity contribution is -0.137. The van der Waals surface area contributed by atoms with Crippen LogP contribution in [0.5, 0.6) is 0 Å². The first-order valence-corrected chi connectivity index (χ1v) is 10.8. The SMILES string of the molecule is CC(C)N1C(=O)/C(=C\c2c3ccccc3cc3ccccc23)C(=O)N(Cc2ccco2)C1=O. The van der Waals surface area contributed by atoms with Crippen molar-refractivity contribution in [2.45, 2.75) is 26.4 Å². The predicted molar refractivity (Wildman–Crippen MR) is 126 cm³/mol. The number of hydrogen-bond donors (Lipinski definition) is 0. The van der Waals surface area contributed by atoms with E-state index in [9.17, 15) is 14.4 Å². The Morgan fingerprint density at radius 2 is 1.48 bits per heavy atom. The third-order valence-corrected chi connectivity index (χ3v) is 5.87. The van der Waals surface area contributed by atoms with E-state index in [1.54, 1.807) is 32.1 Å². The van der Waals surface area contributed by atoms with Gasteiger partial charge in [0.1, 0.15) is 11.3 Å². The van der Waals surface area contributed by atoms with Crippen LogP contribution in [0.25, 0.3) is 27.6 Å². The summed E-state index contributed by atoms with van der Waals surface area (Å²) in [5, 5.41) is 3.86. The molecule has 0 aliphatic carbocycles. The minimum absolute atomic E-state index is 0.0450. The normalized spacial score (nSPS) is 16.1. The number of furan rings is 1. The first-order chi connectivity index (χ1) is 16.0. The molecule has 1 fully saturated rings. The van der Waals surface area contributed by atoms with E-state index in [0.29, 0.717) is 5.76 Å². The summed E-state index contributed by atoms with van der Waals surface area (Å²) in [4.78, 5) is 42.1. The van der Waals surface area contributed by atoms with Crippen molar-refractivity contribution in [2.24, 2.45) is 0 Å². The Morgan fingerprint density at radius 3 is 2.06 bits per heavy atom. The number of fused-ring (bicyclic) bond motifs is 2. The van der Waals surface area contributed by atoms with E-state index in [1.807, 2.05) is 48.5 Å². The Labute approximate surface area is 190 Å². The molecule has 3 aromatic carbocycles. The van der Waals surface area contributed by atoms with Gasteiger partial charge in [0.25, 0.3) is 11.8 Å². The molecule has 1 aromatic heterocycles. The highest BCUT2D eigenvalue weighted by Gasteiger charge is 2.43. The van der Waals surface area contributed by atoms with E-state index in [2.05, 4.69) is 6.07 Å². The van der Waals surface area contributed by atoms with Crippen LogP contribution in [-0.2, 0) is 16.1 Å². The quantitative estimate of drug-likeness (QED) is 0.244. The first kappa shape index (κ1) is 20.7. The molecular formula is C27H22N2O4. The third-order valence-electron chi connectivity index (χ3n) is 5.87. The summed E-state index contributed by atoms with van der Waals surface area (Å²) in [5.74, 6) is -0.757. The zero-order valence-electron chi connectivity index (χ0n) is 18.3. The molecule has 0 bridgehead atoms. The van der Waals surface area contributed by atoms with Crippen molar-refractivity contribution in [3.05, 3.63) is 89.9 Å².